The molecule has 1 aliphatic carbocycles. The number of hydrogen-bond acceptors (Lipinski definition) is 4. The molecule has 1 fully saturated rings. The summed E-state index contributed by atoms with van der Waals surface area (Å²) in [4.78, 5) is 12.2. The van der Waals surface area contributed by atoms with E-state index in [0.717, 1.165) is 17.4 Å². The maximum atomic E-state index is 12.2. The van der Waals surface area contributed by atoms with E-state index in [1.54, 1.807) is 0 Å². The summed E-state index contributed by atoms with van der Waals surface area (Å²) in [5, 5.41) is 12.6. The third kappa shape index (κ3) is 5.70. The number of allylic oxidation sites excluding steroid dienone is 1. The van der Waals surface area contributed by atoms with Crippen molar-refractivity contribution >= 4 is 17.7 Å². The van der Waals surface area contributed by atoms with E-state index < -0.39 is 0 Å². The van der Waals surface area contributed by atoms with Crippen molar-refractivity contribution in [3.63, 3.8) is 0 Å². The van der Waals surface area contributed by atoms with Gasteiger partial charge >= 0.3 is 0 Å². The van der Waals surface area contributed by atoms with E-state index in [-0.39, 0.29) is 5.91 Å². The molecule has 1 saturated carbocycles. The quantitative estimate of drug-likeness (QED) is 0.525. The van der Waals surface area contributed by atoms with Crippen LogP contribution in [0.1, 0.15) is 49.4 Å². The van der Waals surface area contributed by atoms with Crippen molar-refractivity contribution in [1.29, 1.82) is 0 Å². The summed E-state index contributed by atoms with van der Waals surface area (Å²) in [6, 6.07) is 10.2. The number of hydrogen-bond donors (Lipinski definition) is 1. The minimum Gasteiger partial charge on any atom is -0.355 e. The van der Waals surface area contributed by atoms with Gasteiger partial charge in [0.15, 0.2) is 5.16 Å². The highest BCUT2D eigenvalue weighted by Gasteiger charge is 2.23. The highest BCUT2D eigenvalue weighted by atomic mass is 32.2. The molecule has 1 heterocycles. The molecule has 1 aromatic heterocycles. The second-order valence-electron chi connectivity index (χ2n) is 6.95. The number of carbonyl (C=O) groups excluding carboxylic acids is 1. The third-order valence-corrected chi connectivity index (χ3v) is 5.91. The molecular formula is C21H28N4OS. The van der Waals surface area contributed by atoms with Gasteiger partial charge in [0.2, 0.25) is 5.91 Å². The van der Waals surface area contributed by atoms with E-state index in [1.807, 2.05) is 24.3 Å². The van der Waals surface area contributed by atoms with Crippen LogP contribution in [0.5, 0.6) is 0 Å². The van der Waals surface area contributed by atoms with Gasteiger partial charge in [-0.3, -0.25) is 4.79 Å². The topological polar surface area (TPSA) is 59.8 Å². The Hall–Kier alpha value is -2.08. The summed E-state index contributed by atoms with van der Waals surface area (Å²) in [6.45, 7) is 5.20. The Morgan fingerprint density at radius 2 is 2.00 bits per heavy atom. The van der Waals surface area contributed by atoms with Gasteiger partial charge in [0.05, 0.1) is 5.75 Å². The zero-order chi connectivity index (χ0) is 18.9. The minimum absolute atomic E-state index is 0.0308. The van der Waals surface area contributed by atoms with Gasteiger partial charge in [0, 0.05) is 19.0 Å². The van der Waals surface area contributed by atoms with Gasteiger partial charge in [0.25, 0.3) is 0 Å². The van der Waals surface area contributed by atoms with Gasteiger partial charge in [-0.25, -0.2) is 0 Å². The first-order valence-corrected chi connectivity index (χ1v) is 10.7. The molecule has 0 atom stereocenters. The molecule has 1 aromatic carbocycles. The first kappa shape index (κ1) is 19.7. The van der Waals surface area contributed by atoms with Crippen LogP contribution in [0, 0.1) is 0 Å². The van der Waals surface area contributed by atoms with Gasteiger partial charge in [0.1, 0.15) is 5.82 Å². The number of aromatic nitrogens is 3. The van der Waals surface area contributed by atoms with Crippen molar-refractivity contribution in [2.45, 2.75) is 56.1 Å². The fourth-order valence-corrected chi connectivity index (χ4v) is 4.33. The fourth-order valence-electron chi connectivity index (χ4n) is 3.54. The summed E-state index contributed by atoms with van der Waals surface area (Å²) in [5.41, 5.74) is 1.23. The van der Waals surface area contributed by atoms with Gasteiger partial charge < -0.3 is 9.88 Å². The van der Waals surface area contributed by atoms with Gasteiger partial charge in [-0.1, -0.05) is 67.4 Å². The first-order chi connectivity index (χ1) is 13.3. The molecule has 144 valence electrons. The largest absolute Gasteiger partial charge is 0.355 e. The molecular weight excluding hydrogens is 356 g/mol. The Bertz CT molecular complexity index is 738. The average Bonchev–Trinajstić information content (AvgIpc) is 3.11. The zero-order valence-electron chi connectivity index (χ0n) is 15.8. The van der Waals surface area contributed by atoms with Crippen molar-refractivity contribution in [2.24, 2.45) is 0 Å². The summed E-state index contributed by atoms with van der Waals surface area (Å²) < 4.78 is 2.13. The SMILES string of the molecule is C=CCn1c(SCC(=O)NCCc2ccccc2)nnc1C1CCCCC1. The Labute approximate surface area is 165 Å². The van der Waals surface area contributed by atoms with Gasteiger partial charge in [-0.2, -0.15) is 0 Å². The van der Waals surface area contributed by atoms with Gasteiger partial charge in [-0.05, 0) is 24.8 Å². The van der Waals surface area contributed by atoms with Crippen molar-refractivity contribution in [3.05, 3.63) is 54.4 Å². The van der Waals surface area contributed by atoms with Crippen LogP contribution in [0.25, 0.3) is 0 Å². The molecule has 6 heteroatoms. The lowest BCUT2D eigenvalue weighted by Crippen LogP contribution is -2.27. The van der Waals surface area contributed by atoms with Crippen molar-refractivity contribution in [1.82, 2.24) is 20.1 Å². The van der Waals surface area contributed by atoms with E-state index in [0.29, 0.717) is 24.8 Å². The fraction of sp³-hybridized carbons (Fsp3) is 0.476. The van der Waals surface area contributed by atoms with Crippen molar-refractivity contribution in [2.75, 3.05) is 12.3 Å². The molecule has 2 aromatic rings. The number of rotatable bonds is 9. The van der Waals surface area contributed by atoms with E-state index >= 15 is 0 Å². The molecule has 0 radical (unpaired) electrons. The third-order valence-electron chi connectivity index (χ3n) is 4.94. The number of benzene rings is 1. The number of thioether (sulfide) groups is 1. The summed E-state index contributed by atoms with van der Waals surface area (Å²) in [7, 11) is 0. The lowest BCUT2D eigenvalue weighted by atomic mass is 9.89. The smallest absolute Gasteiger partial charge is 0.230 e. The second-order valence-corrected chi connectivity index (χ2v) is 7.89. The summed E-state index contributed by atoms with van der Waals surface area (Å²) in [6.07, 6.45) is 8.92. The molecule has 0 aliphatic heterocycles. The number of amides is 1. The minimum atomic E-state index is 0.0308. The molecule has 0 bridgehead atoms. The summed E-state index contributed by atoms with van der Waals surface area (Å²) >= 11 is 1.46. The van der Waals surface area contributed by atoms with Crippen LogP contribution < -0.4 is 5.32 Å². The van der Waals surface area contributed by atoms with Gasteiger partial charge in [-0.15, -0.1) is 16.8 Å². The molecule has 27 heavy (non-hydrogen) atoms. The van der Waals surface area contributed by atoms with Crippen LogP contribution in [-0.4, -0.2) is 33.0 Å². The Morgan fingerprint density at radius 1 is 1.22 bits per heavy atom. The number of carbonyl (C=O) groups is 1. The Kier molecular flexibility index (Phi) is 7.51. The van der Waals surface area contributed by atoms with E-state index in [9.17, 15) is 4.79 Å². The monoisotopic (exact) mass is 384 g/mol. The molecule has 1 amide bonds. The van der Waals surface area contributed by atoms with Crippen LogP contribution in [0.2, 0.25) is 0 Å². The highest BCUT2D eigenvalue weighted by Crippen LogP contribution is 2.33. The van der Waals surface area contributed by atoms with E-state index in [1.165, 1.54) is 49.4 Å². The van der Waals surface area contributed by atoms with Crippen LogP contribution >= 0.6 is 11.8 Å². The van der Waals surface area contributed by atoms with Crippen LogP contribution in [-0.2, 0) is 17.8 Å². The Balaban J connectivity index is 1.51. The highest BCUT2D eigenvalue weighted by molar-refractivity contribution is 7.99. The molecule has 1 aliphatic rings. The van der Waals surface area contributed by atoms with Crippen LogP contribution in [0.15, 0.2) is 48.1 Å². The standard InChI is InChI=1S/C21H28N4OS/c1-2-15-25-20(18-11-7-4-8-12-18)23-24-21(25)27-16-19(26)22-14-13-17-9-5-3-6-10-17/h2-3,5-6,9-10,18H,1,4,7-8,11-16H2,(H,22,26). The van der Waals surface area contributed by atoms with Crippen molar-refractivity contribution in [3.8, 4) is 0 Å². The lowest BCUT2D eigenvalue weighted by molar-refractivity contribution is -0.118. The summed E-state index contributed by atoms with van der Waals surface area (Å²) in [5.74, 6) is 1.93. The Morgan fingerprint density at radius 3 is 2.74 bits per heavy atom. The second kappa shape index (κ2) is 10.3. The van der Waals surface area contributed by atoms with E-state index in [4.69, 9.17) is 0 Å². The molecule has 1 N–H and O–H groups in total. The maximum Gasteiger partial charge on any atom is 0.230 e. The lowest BCUT2D eigenvalue weighted by Gasteiger charge is -2.21. The number of nitrogens with one attached hydrogen (secondary N) is 1. The molecule has 5 nitrogen and oxygen atoms in total. The molecule has 0 saturated heterocycles. The normalized spacial score (nSPS) is 14.8. The maximum absolute atomic E-state index is 12.2. The average molecular weight is 385 g/mol. The van der Waals surface area contributed by atoms with Crippen molar-refractivity contribution < 1.29 is 4.79 Å². The molecule has 0 unspecified atom stereocenters. The van der Waals surface area contributed by atoms with Crippen LogP contribution in [0.3, 0.4) is 0 Å². The molecule has 3 rings (SSSR count). The zero-order valence-corrected chi connectivity index (χ0v) is 16.6. The number of nitrogens with zero attached hydrogens (tertiary/aromatic N) is 3. The van der Waals surface area contributed by atoms with Crippen LogP contribution in [0.4, 0.5) is 0 Å². The predicted octanol–water partition coefficient (Wildman–Crippen LogP) is 3.96. The predicted molar refractivity (Wildman–Crippen MR) is 110 cm³/mol. The van der Waals surface area contributed by atoms with E-state index in [2.05, 4.69) is 38.8 Å². The first-order valence-electron chi connectivity index (χ1n) is 9.75. The molecule has 0 spiro atoms.